The van der Waals surface area contributed by atoms with E-state index in [2.05, 4.69) is 10.3 Å². The first-order valence-corrected chi connectivity index (χ1v) is 10.4. The predicted molar refractivity (Wildman–Crippen MR) is 95.2 cm³/mol. The Morgan fingerprint density at radius 1 is 1.46 bits per heavy atom. The number of nitrogens with zero attached hydrogens (tertiary/aromatic N) is 2. The van der Waals surface area contributed by atoms with Gasteiger partial charge in [-0.05, 0) is 33.1 Å². The Kier molecular flexibility index (Phi) is 6.88. The molecular weight excluding hydrogens is 330 g/mol. The summed E-state index contributed by atoms with van der Waals surface area (Å²) in [5.74, 6) is 0.933. The molecular formula is C16H31N3O4S. The van der Waals surface area contributed by atoms with Gasteiger partial charge < -0.3 is 19.7 Å². The van der Waals surface area contributed by atoms with Crippen LogP contribution in [-0.2, 0) is 19.3 Å². The van der Waals surface area contributed by atoms with Gasteiger partial charge in [-0.15, -0.1) is 0 Å². The maximum Gasteiger partial charge on any atom is 0.193 e. The third-order valence-electron chi connectivity index (χ3n) is 4.63. The molecule has 0 aliphatic carbocycles. The van der Waals surface area contributed by atoms with Gasteiger partial charge in [-0.25, -0.2) is 8.42 Å². The lowest BCUT2D eigenvalue weighted by molar-refractivity contribution is 0.0168. The van der Waals surface area contributed by atoms with Crippen LogP contribution in [0, 0.1) is 0 Å². The Bertz CT molecular complexity index is 527. The van der Waals surface area contributed by atoms with Crippen molar-refractivity contribution in [2.75, 3.05) is 52.3 Å². The molecule has 8 heteroatoms. The van der Waals surface area contributed by atoms with Crippen molar-refractivity contribution in [2.24, 2.45) is 4.99 Å². The molecule has 2 heterocycles. The van der Waals surface area contributed by atoms with E-state index < -0.39 is 14.6 Å². The smallest absolute Gasteiger partial charge is 0.193 e. The Morgan fingerprint density at radius 2 is 2.25 bits per heavy atom. The Balaban J connectivity index is 1.67. The van der Waals surface area contributed by atoms with Crippen molar-refractivity contribution in [1.82, 2.24) is 10.2 Å². The van der Waals surface area contributed by atoms with Gasteiger partial charge in [0, 0.05) is 39.9 Å². The number of hydrogen-bond donors (Lipinski definition) is 1. The minimum atomic E-state index is -3.03. The van der Waals surface area contributed by atoms with Crippen LogP contribution < -0.4 is 5.32 Å². The third kappa shape index (κ3) is 5.07. The first kappa shape index (κ1) is 19.5. The van der Waals surface area contributed by atoms with Crippen molar-refractivity contribution in [3.63, 3.8) is 0 Å². The molecule has 0 aromatic rings. The molecule has 0 bridgehead atoms. The number of hydrogen-bond acceptors (Lipinski definition) is 5. The van der Waals surface area contributed by atoms with Gasteiger partial charge in [0.05, 0.1) is 23.2 Å². The van der Waals surface area contributed by atoms with E-state index in [1.807, 2.05) is 4.90 Å². The summed E-state index contributed by atoms with van der Waals surface area (Å²) in [5.41, 5.74) is 0. The summed E-state index contributed by atoms with van der Waals surface area (Å²) in [5, 5.41) is 3.30. The SMILES string of the molecule is CN=C(NCCCOCC1CCCO1)N1CCS(=O)(=O)C(C)(C)C1. The molecule has 0 radical (unpaired) electrons. The minimum absolute atomic E-state index is 0.172. The highest BCUT2D eigenvalue weighted by Crippen LogP contribution is 2.23. The van der Waals surface area contributed by atoms with E-state index in [-0.39, 0.29) is 11.9 Å². The summed E-state index contributed by atoms with van der Waals surface area (Å²) < 4.78 is 34.6. The molecule has 1 N–H and O–H groups in total. The predicted octanol–water partition coefficient (Wildman–Crippen LogP) is 0.657. The average molecular weight is 362 g/mol. The van der Waals surface area contributed by atoms with E-state index >= 15 is 0 Å². The zero-order valence-corrected chi connectivity index (χ0v) is 15.9. The zero-order valence-electron chi connectivity index (χ0n) is 15.1. The van der Waals surface area contributed by atoms with E-state index in [4.69, 9.17) is 9.47 Å². The topological polar surface area (TPSA) is 80.2 Å². The molecule has 0 amide bonds. The quantitative estimate of drug-likeness (QED) is 0.425. The van der Waals surface area contributed by atoms with Crippen molar-refractivity contribution in [3.05, 3.63) is 0 Å². The largest absolute Gasteiger partial charge is 0.379 e. The van der Waals surface area contributed by atoms with Crippen LogP contribution in [0.3, 0.4) is 0 Å². The first-order chi connectivity index (χ1) is 11.4. The van der Waals surface area contributed by atoms with Crippen LogP contribution in [0.2, 0.25) is 0 Å². The summed E-state index contributed by atoms with van der Waals surface area (Å²) in [6, 6.07) is 0. The number of sulfone groups is 1. The van der Waals surface area contributed by atoms with Gasteiger partial charge >= 0.3 is 0 Å². The normalized spacial score (nSPS) is 26.5. The highest BCUT2D eigenvalue weighted by Gasteiger charge is 2.40. The van der Waals surface area contributed by atoms with Gasteiger partial charge in [0.25, 0.3) is 0 Å². The molecule has 140 valence electrons. The number of ether oxygens (including phenoxy) is 2. The van der Waals surface area contributed by atoms with Crippen molar-refractivity contribution in [1.29, 1.82) is 0 Å². The fourth-order valence-electron chi connectivity index (χ4n) is 3.02. The molecule has 2 fully saturated rings. The second-order valence-corrected chi connectivity index (χ2v) is 9.78. The van der Waals surface area contributed by atoms with Gasteiger partial charge in [0.2, 0.25) is 0 Å². The Morgan fingerprint density at radius 3 is 2.88 bits per heavy atom. The Hall–Kier alpha value is -0.860. The maximum absolute atomic E-state index is 12.1. The van der Waals surface area contributed by atoms with E-state index in [0.29, 0.717) is 26.3 Å². The summed E-state index contributed by atoms with van der Waals surface area (Å²) in [4.78, 5) is 6.30. The van der Waals surface area contributed by atoms with Gasteiger partial charge in [-0.3, -0.25) is 4.99 Å². The van der Waals surface area contributed by atoms with Crippen molar-refractivity contribution < 1.29 is 17.9 Å². The zero-order chi connectivity index (χ0) is 17.6. The van der Waals surface area contributed by atoms with Crippen LogP contribution in [0.4, 0.5) is 0 Å². The molecule has 0 spiro atoms. The summed E-state index contributed by atoms with van der Waals surface area (Å²) >= 11 is 0. The number of guanidine groups is 1. The van der Waals surface area contributed by atoms with Gasteiger partial charge in [-0.2, -0.15) is 0 Å². The second-order valence-electron chi connectivity index (χ2n) is 7.04. The fourth-order valence-corrected chi connectivity index (χ4v) is 4.39. The van der Waals surface area contributed by atoms with Gasteiger partial charge in [0.15, 0.2) is 15.8 Å². The van der Waals surface area contributed by atoms with E-state index in [0.717, 1.165) is 38.4 Å². The van der Waals surface area contributed by atoms with Crippen LogP contribution in [0.25, 0.3) is 0 Å². The van der Waals surface area contributed by atoms with Crippen LogP contribution in [0.15, 0.2) is 4.99 Å². The lowest BCUT2D eigenvalue weighted by Gasteiger charge is -2.39. The third-order valence-corrected chi connectivity index (χ3v) is 7.16. The molecule has 2 rings (SSSR count). The number of rotatable bonds is 6. The summed E-state index contributed by atoms with van der Waals surface area (Å²) in [7, 11) is -1.30. The molecule has 1 unspecified atom stereocenters. The number of nitrogens with one attached hydrogen (secondary N) is 1. The standard InChI is InChI=1S/C16H31N3O4S/c1-16(2)13-19(8-11-24(16,20)21)15(17-3)18-7-5-9-22-12-14-6-4-10-23-14/h14H,4-13H2,1-3H3,(H,17,18). The first-order valence-electron chi connectivity index (χ1n) is 8.73. The molecule has 0 aromatic heterocycles. The summed E-state index contributed by atoms with van der Waals surface area (Å²) in [6.45, 7) is 7.47. The van der Waals surface area contributed by atoms with E-state index in [9.17, 15) is 8.42 Å². The van der Waals surface area contributed by atoms with Crippen molar-refractivity contribution in [3.8, 4) is 0 Å². The average Bonchev–Trinajstić information content (AvgIpc) is 3.03. The van der Waals surface area contributed by atoms with Gasteiger partial charge in [-0.1, -0.05) is 0 Å². The summed E-state index contributed by atoms with van der Waals surface area (Å²) in [6.07, 6.45) is 3.37. The highest BCUT2D eigenvalue weighted by atomic mass is 32.2. The number of aliphatic imine (C=N–C) groups is 1. The molecule has 24 heavy (non-hydrogen) atoms. The highest BCUT2D eigenvalue weighted by molar-refractivity contribution is 7.92. The fraction of sp³-hybridized carbons (Fsp3) is 0.938. The lowest BCUT2D eigenvalue weighted by atomic mass is 10.2. The molecule has 2 aliphatic heterocycles. The Labute approximate surface area is 145 Å². The second kappa shape index (κ2) is 8.49. The molecule has 0 saturated carbocycles. The van der Waals surface area contributed by atoms with E-state index in [1.165, 1.54) is 0 Å². The molecule has 1 atom stereocenters. The lowest BCUT2D eigenvalue weighted by Crippen LogP contribution is -2.57. The van der Waals surface area contributed by atoms with Gasteiger partial charge in [0.1, 0.15) is 0 Å². The van der Waals surface area contributed by atoms with Crippen LogP contribution >= 0.6 is 0 Å². The molecule has 7 nitrogen and oxygen atoms in total. The van der Waals surface area contributed by atoms with Crippen LogP contribution in [-0.4, -0.2) is 82.4 Å². The van der Waals surface area contributed by atoms with Crippen LogP contribution in [0.5, 0.6) is 0 Å². The van der Waals surface area contributed by atoms with Crippen LogP contribution in [0.1, 0.15) is 33.1 Å². The minimum Gasteiger partial charge on any atom is -0.379 e. The maximum atomic E-state index is 12.1. The van der Waals surface area contributed by atoms with E-state index in [1.54, 1.807) is 20.9 Å². The van der Waals surface area contributed by atoms with Crippen molar-refractivity contribution >= 4 is 15.8 Å². The molecule has 2 aliphatic rings. The molecule has 0 aromatic carbocycles. The monoisotopic (exact) mass is 361 g/mol. The molecule has 2 saturated heterocycles. The van der Waals surface area contributed by atoms with Crippen molar-refractivity contribution in [2.45, 2.75) is 44.0 Å².